The summed E-state index contributed by atoms with van der Waals surface area (Å²) in [6.45, 7) is 4.46. The van der Waals surface area contributed by atoms with Crippen LogP contribution in [0.3, 0.4) is 0 Å². The van der Waals surface area contributed by atoms with Crippen molar-refractivity contribution in [1.82, 2.24) is 5.32 Å². The molecule has 0 heterocycles. The van der Waals surface area contributed by atoms with Crippen LogP contribution in [-0.2, 0) is 4.79 Å². The number of aryl methyl sites for hydroxylation is 1. The summed E-state index contributed by atoms with van der Waals surface area (Å²) in [5, 5.41) is 6.04. The van der Waals surface area contributed by atoms with E-state index >= 15 is 0 Å². The van der Waals surface area contributed by atoms with Crippen LogP contribution in [0.5, 0.6) is 0 Å². The van der Waals surface area contributed by atoms with Crippen LogP contribution in [-0.4, -0.2) is 30.5 Å². The maximum atomic E-state index is 11.6. The first-order valence-corrected chi connectivity index (χ1v) is 7.10. The van der Waals surface area contributed by atoms with Crippen LogP contribution < -0.4 is 10.6 Å². The van der Waals surface area contributed by atoms with Crippen molar-refractivity contribution in [2.45, 2.75) is 19.9 Å². The molecule has 1 rings (SSSR count). The second kappa shape index (κ2) is 7.35. The standard InChI is InChI=1S/C13H20N2OS/c1-10-4-6-12(7-5-10)15-13(16)8-14-11(2)9-17-3/h4-7,11,14H,8-9H2,1-3H3,(H,15,16). The van der Waals surface area contributed by atoms with Crippen LogP contribution in [0.25, 0.3) is 0 Å². The number of carbonyl (C=O) groups excluding carboxylic acids is 1. The number of rotatable bonds is 6. The Morgan fingerprint density at radius 3 is 2.59 bits per heavy atom. The van der Waals surface area contributed by atoms with Crippen LogP contribution in [0.15, 0.2) is 24.3 Å². The summed E-state index contributed by atoms with van der Waals surface area (Å²) in [6.07, 6.45) is 2.06. The Labute approximate surface area is 107 Å². The predicted molar refractivity (Wildman–Crippen MR) is 75.7 cm³/mol. The van der Waals surface area contributed by atoms with Gasteiger partial charge in [-0.15, -0.1) is 0 Å². The van der Waals surface area contributed by atoms with Gasteiger partial charge in [-0.25, -0.2) is 0 Å². The molecule has 1 amide bonds. The maximum Gasteiger partial charge on any atom is 0.238 e. The summed E-state index contributed by atoms with van der Waals surface area (Å²) in [4.78, 5) is 11.6. The van der Waals surface area contributed by atoms with E-state index in [4.69, 9.17) is 0 Å². The van der Waals surface area contributed by atoms with E-state index in [0.717, 1.165) is 11.4 Å². The first-order chi connectivity index (χ1) is 8.11. The summed E-state index contributed by atoms with van der Waals surface area (Å²) >= 11 is 1.77. The van der Waals surface area contributed by atoms with Gasteiger partial charge in [-0.1, -0.05) is 17.7 Å². The average Bonchev–Trinajstić information content (AvgIpc) is 2.30. The van der Waals surface area contributed by atoms with E-state index in [1.165, 1.54) is 5.56 Å². The highest BCUT2D eigenvalue weighted by Crippen LogP contribution is 2.08. The van der Waals surface area contributed by atoms with Gasteiger partial charge < -0.3 is 10.6 Å². The SMILES string of the molecule is CSCC(C)NCC(=O)Nc1ccc(C)cc1. The van der Waals surface area contributed by atoms with Gasteiger partial charge in [-0.05, 0) is 32.2 Å². The molecule has 0 aliphatic heterocycles. The summed E-state index contributed by atoms with van der Waals surface area (Å²) in [5.74, 6) is 1.01. The van der Waals surface area contributed by atoms with Crippen molar-refractivity contribution in [2.75, 3.05) is 23.9 Å². The molecule has 0 aliphatic carbocycles. The van der Waals surface area contributed by atoms with Gasteiger partial charge >= 0.3 is 0 Å². The van der Waals surface area contributed by atoms with Crippen molar-refractivity contribution < 1.29 is 4.79 Å². The Bertz CT molecular complexity index is 351. The zero-order valence-corrected chi connectivity index (χ0v) is 11.4. The molecular weight excluding hydrogens is 232 g/mol. The molecule has 1 aromatic carbocycles. The highest BCUT2D eigenvalue weighted by Gasteiger charge is 2.05. The number of hydrogen-bond acceptors (Lipinski definition) is 3. The molecule has 1 atom stereocenters. The molecule has 2 N–H and O–H groups in total. The number of carbonyl (C=O) groups is 1. The largest absolute Gasteiger partial charge is 0.325 e. The van der Waals surface area contributed by atoms with E-state index in [1.807, 2.05) is 31.2 Å². The Kier molecular flexibility index (Phi) is 6.08. The topological polar surface area (TPSA) is 41.1 Å². The van der Waals surface area contributed by atoms with Gasteiger partial charge in [0.1, 0.15) is 0 Å². The second-order valence-corrected chi connectivity index (χ2v) is 5.06. The highest BCUT2D eigenvalue weighted by molar-refractivity contribution is 7.98. The van der Waals surface area contributed by atoms with E-state index in [-0.39, 0.29) is 5.91 Å². The molecule has 0 bridgehead atoms. The molecule has 3 nitrogen and oxygen atoms in total. The van der Waals surface area contributed by atoms with Gasteiger partial charge in [-0.3, -0.25) is 4.79 Å². The van der Waals surface area contributed by atoms with Crippen LogP contribution >= 0.6 is 11.8 Å². The van der Waals surface area contributed by atoms with Crippen molar-refractivity contribution in [3.63, 3.8) is 0 Å². The molecule has 0 spiro atoms. The summed E-state index contributed by atoms with van der Waals surface area (Å²) in [5.41, 5.74) is 2.04. The molecule has 17 heavy (non-hydrogen) atoms. The third-order valence-corrected chi connectivity index (χ3v) is 3.20. The minimum atomic E-state index is 0.00167. The first kappa shape index (κ1) is 14.1. The zero-order chi connectivity index (χ0) is 12.7. The molecule has 0 radical (unpaired) electrons. The molecule has 94 valence electrons. The van der Waals surface area contributed by atoms with Crippen molar-refractivity contribution in [1.29, 1.82) is 0 Å². The summed E-state index contributed by atoms with van der Waals surface area (Å²) in [6, 6.07) is 8.16. The highest BCUT2D eigenvalue weighted by atomic mass is 32.2. The monoisotopic (exact) mass is 252 g/mol. The molecule has 1 aromatic rings. The van der Waals surface area contributed by atoms with Gasteiger partial charge in [0.05, 0.1) is 6.54 Å². The Morgan fingerprint density at radius 1 is 1.35 bits per heavy atom. The molecule has 4 heteroatoms. The number of hydrogen-bond donors (Lipinski definition) is 2. The van der Waals surface area contributed by atoms with Crippen LogP contribution in [0.4, 0.5) is 5.69 Å². The number of benzene rings is 1. The van der Waals surface area contributed by atoms with Crippen molar-refractivity contribution in [2.24, 2.45) is 0 Å². The lowest BCUT2D eigenvalue weighted by molar-refractivity contribution is -0.115. The average molecular weight is 252 g/mol. The smallest absolute Gasteiger partial charge is 0.238 e. The van der Waals surface area contributed by atoms with Crippen LogP contribution in [0, 0.1) is 6.92 Å². The van der Waals surface area contributed by atoms with Crippen molar-refractivity contribution in [3.05, 3.63) is 29.8 Å². The fraction of sp³-hybridized carbons (Fsp3) is 0.462. The Balaban J connectivity index is 2.32. The quantitative estimate of drug-likeness (QED) is 0.816. The molecule has 0 saturated carbocycles. The number of nitrogens with one attached hydrogen (secondary N) is 2. The number of anilines is 1. The van der Waals surface area contributed by atoms with Gasteiger partial charge in [-0.2, -0.15) is 11.8 Å². The van der Waals surface area contributed by atoms with Crippen molar-refractivity contribution in [3.8, 4) is 0 Å². The summed E-state index contributed by atoms with van der Waals surface area (Å²) in [7, 11) is 0. The first-order valence-electron chi connectivity index (χ1n) is 5.70. The lowest BCUT2D eigenvalue weighted by Crippen LogP contribution is -2.35. The van der Waals surface area contributed by atoms with Gasteiger partial charge in [0, 0.05) is 17.5 Å². The van der Waals surface area contributed by atoms with E-state index in [0.29, 0.717) is 12.6 Å². The van der Waals surface area contributed by atoms with E-state index in [2.05, 4.69) is 23.8 Å². The van der Waals surface area contributed by atoms with Gasteiger partial charge in [0.2, 0.25) is 5.91 Å². The number of thioether (sulfide) groups is 1. The Morgan fingerprint density at radius 2 is 2.00 bits per heavy atom. The van der Waals surface area contributed by atoms with E-state index in [1.54, 1.807) is 11.8 Å². The fourth-order valence-electron chi connectivity index (χ4n) is 1.42. The molecule has 0 aliphatic rings. The minimum Gasteiger partial charge on any atom is -0.325 e. The molecule has 1 unspecified atom stereocenters. The van der Waals surface area contributed by atoms with Crippen molar-refractivity contribution >= 4 is 23.4 Å². The van der Waals surface area contributed by atoms with Gasteiger partial charge in [0.25, 0.3) is 0 Å². The molecule has 0 aromatic heterocycles. The molecule has 0 saturated heterocycles. The Hall–Kier alpha value is -1.00. The van der Waals surface area contributed by atoms with Gasteiger partial charge in [0.15, 0.2) is 0 Å². The van der Waals surface area contributed by atoms with E-state index < -0.39 is 0 Å². The third kappa shape index (κ3) is 5.75. The van der Waals surface area contributed by atoms with Crippen LogP contribution in [0.2, 0.25) is 0 Å². The third-order valence-electron chi connectivity index (χ3n) is 2.36. The zero-order valence-electron chi connectivity index (χ0n) is 10.6. The van der Waals surface area contributed by atoms with E-state index in [9.17, 15) is 4.79 Å². The predicted octanol–water partition coefficient (Wildman–Crippen LogP) is 2.27. The minimum absolute atomic E-state index is 0.00167. The number of amides is 1. The second-order valence-electron chi connectivity index (χ2n) is 4.15. The lowest BCUT2D eigenvalue weighted by Gasteiger charge is -2.12. The maximum absolute atomic E-state index is 11.6. The van der Waals surface area contributed by atoms with Crippen LogP contribution in [0.1, 0.15) is 12.5 Å². The molecule has 0 fully saturated rings. The lowest BCUT2D eigenvalue weighted by atomic mass is 10.2. The normalized spacial score (nSPS) is 12.2. The fourth-order valence-corrected chi connectivity index (χ4v) is 2.04. The molecular formula is C13H20N2OS. The summed E-state index contributed by atoms with van der Waals surface area (Å²) < 4.78 is 0.